The first-order valence-electron chi connectivity index (χ1n) is 8.45. The van der Waals surface area contributed by atoms with Gasteiger partial charge in [0.2, 0.25) is 0 Å². The maximum atomic E-state index is 12.5. The molecule has 2 rings (SSSR count). The molecule has 7 nitrogen and oxygen atoms in total. The number of nitrogens with zero attached hydrogens (tertiary/aromatic N) is 1. The van der Waals surface area contributed by atoms with Gasteiger partial charge in [-0.25, -0.2) is 4.79 Å². The SMILES string of the molecule is COc1cc(C)c(NC(=O)N2CCC(CCC(=O)O)CC2)cc1OC. The Kier molecular flexibility index (Phi) is 6.50. The van der Waals surface area contributed by atoms with Gasteiger partial charge in [0.25, 0.3) is 0 Å². The summed E-state index contributed by atoms with van der Waals surface area (Å²) < 4.78 is 10.5. The summed E-state index contributed by atoms with van der Waals surface area (Å²) in [5.74, 6) is 0.806. The van der Waals surface area contributed by atoms with Crippen molar-refractivity contribution >= 4 is 17.7 Å². The third-order valence-electron chi connectivity index (χ3n) is 4.64. The van der Waals surface area contributed by atoms with E-state index in [0.29, 0.717) is 42.6 Å². The van der Waals surface area contributed by atoms with E-state index >= 15 is 0 Å². The Bertz CT molecular complexity index is 624. The molecule has 138 valence electrons. The number of carboxylic acids is 1. The van der Waals surface area contributed by atoms with Gasteiger partial charge < -0.3 is 24.8 Å². The Balaban J connectivity index is 1.94. The van der Waals surface area contributed by atoms with E-state index in [1.54, 1.807) is 25.2 Å². The maximum Gasteiger partial charge on any atom is 0.321 e. The lowest BCUT2D eigenvalue weighted by Crippen LogP contribution is -2.41. The van der Waals surface area contributed by atoms with Crippen LogP contribution in [0.4, 0.5) is 10.5 Å². The summed E-state index contributed by atoms with van der Waals surface area (Å²) >= 11 is 0. The molecule has 1 aromatic rings. The lowest BCUT2D eigenvalue weighted by Gasteiger charge is -2.32. The van der Waals surface area contributed by atoms with Crippen LogP contribution >= 0.6 is 0 Å². The zero-order valence-electron chi connectivity index (χ0n) is 15.0. The summed E-state index contributed by atoms with van der Waals surface area (Å²) in [6.07, 6.45) is 2.55. The predicted octanol–water partition coefficient (Wildman–Crippen LogP) is 3.12. The number of anilines is 1. The fraction of sp³-hybridized carbons (Fsp3) is 0.556. The molecule has 0 aromatic heterocycles. The number of urea groups is 1. The minimum atomic E-state index is -0.760. The molecule has 25 heavy (non-hydrogen) atoms. The van der Waals surface area contributed by atoms with Crippen LogP contribution in [0.2, 0.25) is 0 Å². The number of hydrogen-bond acceptors (Lipinski definition) is 4. The van der Waals surface area contributed by atoms with Crippen LogP contribution in [-0.2, 0) is 4.79 Å². The molecule has 0 bridgehead atoms. The summed E-state index contributed by atoms with van der Waals surface area (Å²) in [5, 5.41) is 11.7. The highest BCUT2D eigenvalue weighted by Crippen LogP contribution is 2.33. The number of methoxy groups -OCH3 is 2. The molecule has 0 unspecified atom stereocenters. The fourth-order valence-corrected chi connectivity index (χ4v) is 3.06. The average molecular weight is 350 g/mol. The quantitative estimate of drug-likeness (QED) is 0.823. The minimum absolute atomic E-state index is 0.146. The van der Waals surface area contributed by atoms with E-state index in [1.165, 1.54) is 0 Å². The molecule has 1 aromatic carbocycles. The van der Waals surface area contributed by atoms with Gasteiger partial charge in [0, 0.05) is 31.3 Å². The first kappa shape index (κ1) is 18.9. The van der Waals surface area contributed by atoms with Gasteiger partial charge >= 0.3 is 12.0 Å². The number of carbonyl (C=O) groups is 2. The van der Waals surface area contributed by atoms with E-state index in [2.05, 4.69) is 5.32 Å². The zero-order chi connectivity index (χ0) is 18.4. The highest BCUT2D eigenvalue weighted by Gasteiger charge is 2.23. The molecule has 0 aliphatic carbocycles. The van der Waals surface area contributed by atoms with Crippen LogP contribution in [0.1, 0.15) is 31.2 Å². The predicted molar refractivity (Wildman–Crippen MR) is 94.5 cm³/mol. The Labute approximate surface area is 147 Å². The Morgan fingerprint density at radius 1 is 1.20 bits per heavy atom. The zero-order valence-corrected chi connectivity index (χ0v) is 15.0. The molecule has 1 saturated heterocycles. The summed E-state index contributed by atoms with van der Waals surface area (Å²) in [4.78, 5) is 24.9. The maximum absolute atomic E-state index is 12.5. The van der Waals surface area contributed by atoms with Gasteiger partial charge in [-0.1, -0.05) is 0 Å². The molecule has 0 radical (unpaired) electrons. The molecule has 0 spiro atoms. The molecular weight excluding hydrogens is 324 g/mol. The van der Waals surface area contributed by atoms with Crippen molar-refractivity contribution in [3.63, 3.8) is 0 Å². The molecule has 2 amide bonds. The van der Waals surface area contributed by atoms with Crippen LogP contribution in [0, 0.1) is 12.8 Å². The van der Waals surface area contributed by atoms with E-state index in [9.17, 15) is 9.59 Å². The number of rotatable bonds is 6. The van der Waals surface area contributed by atoms with Crippen LogP contribution in [0.5, 0.6) is 11.5 Å². The third-order valence-corrected chi connectivity index (χ3v) is 4.64. The number of likely N-dealkylation sites (tertiary alicyclic amines) is 1. The topological polar surface area (TPSA) is 88.1 Å². The highest BCUT2D eigenvalue weighted by molar-refractivity contribution is 5.90. The first-order valence-corrected chi connectivity index (χ1v) is 8.45. The lowest BCUT2D eigenvalue weighted by atomic mass is 9.92. The van der Waals surface area contributed by atoms with Gasteiger partial charge in [-0.2, -0.15) is 0 Å². The molecule has 7 heteroatoms. The second kappa shape index (κ2) is 8.60. The summed E-state index contributed by atoms with van der Waals surface area (Å²) in [6, 6.07) is 3.44. The summed E-state index contributed by atoms with van der Waals surface area (Å²) in [6.45, 7) is 3.18. The standard InChI is InChI=1S/C18H26N2O5/c1-12-10-15(24-2)16(25-3)11-14(12)19-18(23)20-8-6-13(7-9-20)4-5-17(21)22/h10-11,13H,4-9H2,1-3H3,(H,19,23)(H,21,22). The van der Waals surface area contributed by atoms with Gasteiger partial charge in [-0.05, 0) is 43.7 Å². The number of benzene rings is 1. The second-order valence-corrected chi connectivity index (χ2v) is 6.32. The summed E-state index contributed by atoms with van der Waals surface area (Å²) in [5.41, 5.74) is 1.58. The van der Waals surface area contributed by atoms with Crippen molar-refractivity contribution < 1.29 is 24.2 Å². The van der Waals surface area contributed by atoms with Crippen molar-refractivity contribution in [3.05, 3.63) is 17.7 Å². The Morgan fingerprint density at radius 3 is 2.36 bits per heavy atom. The van der Waals surface area contributed by atoms with Crippen molar-refractivity contribution in [3.8, 4) is 11.5 Å². The minimum Gasteiger partial charge on any atom is -0.493 e. The van der Waals surface area contributed by atoms with E-state index in [1.807, 2.05) is 13.0 Å². The van der Waals surface area contributed by atoms with E-state index < -0.39 is 5.97 Å². The van der Waals surface area contributed by atoms with E-state index in [4.69, 9.17) is 14.6 Å². The lowest BCUT2D eigenvalue weighted by molar-refractivity contribution is -0.137. The van der Waals surface area contributed by atoms with Gasteiger partial charge in [-0.15, -0.1) is 0 Å². The largest absolute Gasteiger partial charge is 0.493 e. The number of aryl methyl sites for hydroxylation is 1. The molecule has 0 atom stereocenters. The van der Waals surface area contributed by atoms with Gasteiger partial charge in [0.15, 0.2) is 11.5 Å². The van der Waals surface area contributed by atoms with Crippen LogP contribution in [0.3, 0.4) is 0 Å². The molecule has 1 aliphatic rings. The number of amides is 2. The van der Waals surface area contributed by atoms with Crippen molar-refractivity contribution in [2.24, 2.45) is 5.92 Å². The Hall–Kier alpha value is -2.44. The molecule has 2 N–H and O–H groups in total. The van der Waals surface area contributed by atoms with Crippen molar-refractivity contribution in [2.75, 3.05) is 32.6 Å². The first-order chi connectivity index (χ1) is 11.9. The van der Waals surface area contributed by atoms with E-state index in [0.717, 1.165) is 18.4 Å². The molecule has 1 aliphatic heterocycles. The van der Waals surface area contributed by atoms with Gasteiger partial charge in [-0.3, -0.25) is 4.79 Å². The average Bonchev–Trinajstić information content (AvgIpc) is 2.61. The third kappa shape index (κ3) is 5.01. The number of piperidine rings is 1. The molecule has 0 saturated carbocycles. The normalized spacial score (nSPS) is 14.9. The Morgan fingerprint density at radius 2 is 1.80 bits per heavy atom. The van der Waals surface area contributed by atoms with Crippen LogP contribution in [0.25, 0.3) is 0 Å². The second-order valence-electron chi connectivity index (χ2n) is 6.32. The van der Waals surface area contributed by atoms with Crippen molar-refractivity contribution in [1.82, 2.24) is 4.90 Å². The summed E-state index contributed by atoms with van der Waals surface area (Å²) in [7, 11) is 3.13. The van der Waals surface area contributed by atoms with Crippen molar-refractivity contribution in [1.29, 1.82) is 0 Å². The molecule has 1 fully saturated rings. The number of nitrogens with one attached hydrogen (secondary N) is 1. The smallest absolute Gasteiger partial charge is 0.321 e. The number of hydrogen-bond donors (Lipinski definition) is 2. The van der Waals surface area contributed by atoms with Gasteiger partial charge in [0.05, 0.1) is 14.2 Å². The van der Waals surface area contributed by atoms with Crippen molar-refractivity contribution in [2.45, 2.75) is 32.6 Å². The number of carbonyl (C=O) groups excluding carboxylic acids is 1. The molecule has 1 heterocycles. The number of aliphatic carboxylic acids is 1. The number of carboxylic acid groups (broad SMARTS) is 1. The van der Waals surface area contributed by atoms with Crippen LogP contribution in [-0.4, -0.2) is 49.3 Å². The van der Waals surface area contributed by atoms with Gasteiger partial charge in [0.1, 0.15) is 0 Å². The van der Waals surface area contributed by atoms with Crippen LogP contribution < -0.4 is 14.8 Å². The van der Waals surface area contributed by atoms with E-state index in [-0.39, 0.29) is 12.5 Å². The fourth-order valence-electron chi connectivity index (χ4n) is 3.06. The van der Waals surface area contributed by atoms with Crippen LogP contribution in [0.15, 0.2) is 12.1 Å². The highest BCUT2D eigenvalue weighted by atomic mass is 16.5. The monoisotopic (exact) mass is 350 g/mol. The number of ether oxygens (including phenoxy) is 2. The molecular formula is C18H26N2O5.